The molecule has 130 valence electrons. The highest BCUT2D eigenvalue weighted by atomic mass is 35.5. The fourth-order valence-electron chi connectivity index (χ4n) is 2.78. The maximum absolute atomic E-state index is 12.5. The molecule has 0 fully saturated rings. The Labute approximate surface area is 155 Å². The van der Waals surface area contributed by atoms with E-state index in [0.717, 1.165) is 16.6 Å². The maximum Gasteiger partial charge on any atom is 0.287 e. The van der Waals surface area contributed by atoms with Crippen molar-refractivity contribution in [2.24, 2.45) is 0 Å². The summed E-state index contributed by atoms with van der Waals surface area (Å²) in [6, 6.07) is 18.2. The van der Waals surface area contributed by atoms with Crippen molar-refractivity contribution in [3.8, 4) is 11.3 Å². The third kappa shape index (κ3) is 3.09. The molecular weight excluding hydrogens is 350 g/mol. The number of nitrogens with one attached hydrogen (secondary N) is 2. The zero-order chi connectivity index (χ0) is 18.1. The molecule has 6 heteroatoms. The standard InChI is InChI=1S/C20H16ClN3O2/c1-12(19-23-15-8-4-5-9-16(15)24-19)22-20(25)18-11-10-17(26-18)13-6-2-3-7-14(13)21/h2-12H,1H3,(H,22,25)(H,23,24)/t12-/m0/s1. The van der Waals surface area contributed by atoms with Gasteiger partial charge in [-0.2, -0.15) is 0 Å². The second kappa shape index (κ2) is 6.69. The molecule has 5 nitrogen and oxygen atoms in total. The minimum absolute atomic E-state index is 0.225. The summed E-state index contributed by atoms with van der Waals surface area (Å²) in [7, 11) is 0. The van der Waals surface area contributed by atoms with Crippen LogP contribution in [0.4, 0.5) is 0 Å². The summed E-state index contributed by atoms with van der Waals surface area (Å²) < 4.78 is 5.68. The molecule has 0 bridgehead atoms. The molecule has 0 aliphatic rings. The molecule has 4 aromatic rings. The minimum atomic E-state index is -0.309. The molecule has 1 atom stereocenters. The van der Waals surface area contributed by atoms with Crippen molar-refractivity contribution in [1.82, 2.24) is 15.3 Å². The Balaban J connectivity index is 1.52. The summed E-state index contributed by atoms with van der Waals surface area (Å²) in [5.74, 6) is 1.16. The molecule has 0 unspecified atom stereocenters. The second-order valence-corrected chi connectivity index (χ2v) is 6.39. The van der Waals surface area contributed by atoms with Crippen LogP contribution in [0.1, 0.15) is 29.3 Å². The van der Waals surface area contributed by atoms with Crippen molar-refractivity contribution in [2.45, 2.75) is 13.0 Å². The quantitative estimate of drug-likeness (QED) is 0.536. The molecule has 0 aliphatic carbocycles. The molecule has 0 saturated heterocycles. The van der Waals surface area contributed by atoms with Gasteiger partial charge >= 0.3 is 0 Å². The van der Waals surface area contributed by atoms with Crippen LogP contribution >= 0.6 is 11.6 Å². The molecule has 0 spiro atoms. The number of hydrogen-bond donors (Lipinski definition) is 2. The molecule has 4 rings (SSSR count). The van der Waals surface area contributed by atoms with E-state index in [1.807, 2.05) is 49.4 Å². The Bertz CT molecular complexity index is 1050. The highest BCUT2D eigenvalue weighted by Crippen LogP contribution is 2.29. The number of nitrogens with zero attached hydrogens (tertiary/aromatic N) is 1. The number of amides is 1. The zero-order valence-electron chi connectivity index (χ0n) is 14.0. The third-order valence-corrected chi connectivity index (χ3v) is 4.46. The number of para-hydroxylation sites is 2. The van der Waals surface area contributed by atoms with E-state index in [0.29, 0.717) is 16.6 Å². The van der Waals surface area contributed by atoms with Gasteiger partial charge in [0.15, 0.2) is 5.76 Å². The van der Waals surface area contributed by atoms with Crippen LogP contribution in [0.3, 0.4) is 0 Å². The lowest BCUT2D eigenvalue weighted by atomic mass is 10.2. The molecule has 0 aliphatic heterocycles. The Morgan fingerprint density at radius 3 is 2.69 bits per heavy atom. The van der Waals surface area contributed by atoms with Crippen molar-refractivity contribution < 1.29 is 9.21 Å². The highest BCUT2D eigenvalue weighted by Gasteiger charge is 2.18. The number of rotatable bonds is 4. The summed E-state index contributed by atoms with van der Waals surface area (Å²) in [5, 5.41) is 3.47. The SMILES string of the molecule is C[C@H](NC(=O)c1ccc(-c2ccccc2Cl)o1)c1nc2ccccc2[nH]1. The molecule has 2 aromatic heterocycles. The fourth-order valence-corrected chi connectivity index (χ4v) is 3.01. The van der Waals surface area contributed by atoms with E-state index in [2.05, 4.69) is 15.3 Å². The number of carbonyl (C=O) groups excluding carboxylic acids is 1. The van der Waals surface area contributed by atoms with E-state index in [9.17, 15) is 4.79 Å². The number of carbonyl (C=O) groups is 1. The van der Waals surface area contributed by atoms with Crippen molar-refractivity contribution in [3.63, 3.8) is 0 Å². The predicted octanol–water partition coefficient (Wildman–Crippen LogP) is 4.97. The van der Waals surface area contributed by atoms with Crippen molar-refractivity contribution in [1.29, 1.82) is 0 Å². The predicted molar refractivity (Wildman–Crippen MR) is 101 cm³/mol. The minimum Gasteiger partial charge on any atom is -0.451 e. The van der Waals surface area contributed by atoms with Crippen LogP contribution in [0.2, 0.25) is 5.02 Å². The Morgan fingerprint density at radius 1 is 1.12 bits per heavy atom. The van der Waals surface area contributed by atoms with Gasteiger partial charge in [-0.05, 0) is 43.3 Å². The van der Waals surface area contributed by atoms with Gasteiger partial charge < -0.3 is 14.7 Å². The molecule has 1 amide bonds. The van der Waals surface area contributed by atoms with Gasteiger partial charge in [-0.1, -0.05) is 35.9 Å². The van der Waals surface area contributed by atoms with E-state index >= 15 is 0 Å². The van der Waals surface area contributed by atoms with Crippen LogP contribution < -0.4 is 5.32 Å². The molecule has 26 heavy (non-hydrogen) atoms. The van der Waals surface area contributed by atoms with E-state index in [1.54, 1.807) is 18.2 Å². The molecule has 2 N–H and O–H groups in total. The second-order valence-electron chi connectivity index (χ2n) is 5.98. The first-order valence-corrected chi connectivity index (χ1v) is 8.60. The Kier molecular flexibility index (Phi) is 4.22. The number of aromatic nitrogens is 2. The van der Waals surface area contributed by atoms with Gasteiger partial charge in [0.1, 0.15) is 11.6 Å². The van der Waals surface area contributed by atoms with Crippen molar-refractivity contribution in [2.75, 3.05) is 0 Å². The van der Waals surface area contributed by atoms with E-state index in [4.69, 9.17) is 16.0 Å². The van der Waals surface area contributed by atoms with Gasteiger partial charge in [0.05, 0.1) is 22.1 Å². The molecule has 2 heterocycles. The molecule has 0 radical (unpaired) electrons. The number of aromatic amines is 1. The number of fused-ring (bicyclic) bond motifs is 1. The lowest BCUT2D eigenvalue weighted by Gasteiger charge is -2.10. The van der Waals surface area contributed by atoms with Crippen molar-refractivity contribution >= 4 is 28.5 Å². The topological polar surface area (TPSA) is 70.9 Å². The third-order valence-electron chi connectivity index (χ3n) is 4.13. The van der Waals surface area contributed by atoms with Gasteiger partial charge in [0, 0.05) is 5.56 Å². The van der Waals surface area contributed by atoms with Gasteiger partial charge in [0.2, 0.25) is 0 Å². The smallest absolute Gasteiger partial charge is 0.287 e. The van der Waals surface area contributed by atoms with Crippen molar-refractivity contribution in [3.05, 3.63) is 77.3 Å². The molecule has 2 aromatic carbocycles. The number of imidazole rings is 1. The lowest BCUT2D eigenvalue weighted by Crippen LogP contribution is -2.26. The van der Waals surface area contributed by atoms with Crippen LogP contribution in [0.15, 0.2) is 65.1 Å². The monoisotopic (exact) mass is 365 g/mol. The molecular formula is C20H16ClN3O2. The van der Waals surface area contributed by atoms with Crippen LogP contribution in [-0.2, 0) is 0 Å². The van der Waals surface area contributed by atoms with Crippen LogP contribution in [0, 0.1) is 0 Å². The zero-order valence-corrected chi connectivity index (χ0v) is 14.7. The van der Waals surface area contributed by atoms with Gasteiger partial charge in [-0.25, -0.2) is 4.98 Å². The van der Waals surface area contributed by atoms with E-state index in [-0.39, 0.29) is 17.7 Å². The van der Waals surface area contributed by atoms with Gasteiger partial charge in [-0.15, -0.1) is 0 Å². The Morgan fingerprint density at radius 2 is 1.88 bits per heavy atom. The lowest BCUT2D eigenvalue weighted by molar-refractivity contribution is 0.0911. The summed E-state index contributed by atoms with van der Waals surface area (Å²) in [5.41, 5.74) is 2.55. The number of benzene rings is 2. The van der Waals surface area contributed by atoms with E-state index < -0.39 is 0 Å². The largest absolute Gasteiger partial charge is 0.451 e. The van der Waals surface area contributed by atoms with Gasteiger partial charge in [0.25, 0.3) is 5.91 Å². The summed E-state index contributed by atoms with van der Waals surface area (Å²) in [4.78, 5) is 20.2. The first-order chi connectivity index (χ1) is 12.6. The van der Waals surface area contributed by atoms with Crippen LogP contribution in [-0.4, -0.2) is 15.9 Å². The first-order valence-electron chi connectivity index (χ1n) is 8.22. The molecule has 0 saturated carbocycles. The first kappa shape index (κ1) is 16.4. The normalized spacial score (nSPS) is 12.2. The number of hydrogen-bond acceptors (Lipinski definition) is 3. The Hall–Kier alpha value is -3.05. The number of H-pyrrole nitrogens is 1. The van der Waals surface area contributed by atoms with Crippen LogP contribution in [0.25, 0.3) is 22.4 Å². The maximum atomic E-state index is 12.5. The highest BCUT2D eigenvalue weighted by molar-refractivity contribution is 6.33. The number of furan rings is 1. The average Bonchev–Trinajstić information content (AvgIpc) is 3.29. The average molecular weight is 366 g/mol. The summed E-state index contributed by atoms with van der Waals surface area (Å²) >= 11 is 6.18. The van der Waals surface area contributed by atoms with Crippen LogP contribution in [0.5, 0.6) is 0 Å². The van der Waals surface area contributed by atoms with Gasteiger partial charge in [-0.3, -0.25) is 4.79 Å². The van der Waals surface area contributed by atoms with E-state index in [1.165, 1.54) is 0 Å². The summed E-state index contributed by atoms with van der Waals surface area (Å²) in [6.45, 7) is 1.87. The summed E-state index contributed by atoms with van der Waals surface area (Å²) in [6.07, 6.45) is 0. The fraction of sp³-hybridized carbons (Fsp3) is 0.100. The number of halogens is 1.